The van der Waals surface area contributed by atoms with E-state index in [9.17, 15) is 22.4 Å². The number of hydrogen-bond acceptors (Lipinski definition) is 2. The van der Waals surface area contributed by atoms with E-state index in [4.69, 9.17) is 17.3 Å². The average Bonchev–Trinajstić information content (AvgIpc) is 2.39. The van der Waals surface area contributed by atoms with Crippen LogP contribution in [0.3, 0.4) is 0 Å². The van der Waals surface area contributed by atoms with Gasteiger partial charge in [-0.1, -0.05) is 12.2 Å². The fourth-order valence-electron chi connectivity index (χ4n) is 2.50. The predicted molar refractivity (Wildman–Crippen MR) is 81.7 cm³/mol. The Morgan fingerprint density at radius 3 is 2.61 bits per heavy atom. The van der Waals surface area contributed by atoms with Crippen molar-refractivity contribution in [3.8, 4) is 0 Å². The van der Waals surface area contributed by atoms with Crippen molar-refractivity contribution in [2.75, 3.05) is 10.2 Å². The first-order valence-corrected chi connectivity index (χ1v) is 7.06. The predicted octanol–water partition coefficient (Wildman–Crippen LogP) is 4.21. The standard InChI is InChI=1S/C14H14F4N2O2S/c1-7-14(17,18)6-13(2,16)11(23)20(7)10-5-8(19-12(21)22)3-4-9(10)15/h3-5,7,19H,6H2,1-2H3,(H,21,22)/t7-,13-/m1/s1. The van der Waals surface area contributed by atoms with Gasteiger partial charge in [-0.15, -0.1) is 0 Å². The van der Waals surface area contributed by atoms with Crippen LogP contribution in [0.2, 0.25) is 0 Å². The molecule has 0 unspecified atom stereocenters. The second-order valence-corrected chi connectivity index (χ2v) is 5.97. The summed E-state index contributed by atoms with van der Waals surface area (Å²) in [6, 6.07) is 1.45. The summed E-state index contributed by atoms with van der Waals surface area (Å²) in [6.45, 7) is 2.03. The van der Waals surface area contributed by atoms with Gasteiger partial charge in [-0.25, -0.2) is 22.4 Å². The molecule has 0 aromatic heterocycles. The van der Waals surface area contributed by atoms with E-state index in [2.05, 4.69) is 0 Å². The Morgan fingerprint density at radius 1 is 1.43 bits per heavy atom. The molecule has 4 nitrogen and oxygen atoms in total. The summed E-state index contributed by atoms with van der Waals surface area (Å²) < 4.78 is 56.7. The molecule has 1 aliphatic heterocycles. The van der Waals surface area contributed by atoms with Crippen LogP contribution in [0, 0.1) is 5.82 Å². The molecule has 23 heavy (non-hydrogen) atoms. The number of hydrogen-bond donors (Lipinski definition) is 2. The molecule has 1 aromatic rings. The molecule has 0 saturated carbocycles. The fourth-order valence-corrected chi connectivity index (χ4v) is 2.83. The molecule has 0 spiro atoms. The first-order valence-electron chi connectivity index (χ1n) is 6.65. The Morgan fingerprint density at radius 2 is 2.04 bits per heavy atom. The van der Waals surface area contributed by atoms with E-state index in [0.717, 1.165) is 32.0 Å². The van der Waals surface area contributed by atoms with E-state index in [1.54, 1.807) is 0 Å². The number of nitrogens with zero attached hydrogens (tertiary/aromatic N) is 1. The van der Waals surface area contributed by atoms with Crippen LogP contribution in [-0.2, 0) is 0 Å². The molecule has 2 N–H and O–H groups in total. The molecule has 1 heterocycles. The lowest BCUT2D eigenvalue weighted by molar-refractivity contribution is -0.0624. The molecule has 1 aliphatic rings. The third-order valence-corrected chi connectivity index (χ3v) is 4.31. The van der Waals surface area contributed by atoms with Gasteiger partial charge in [0.25, 0.3) is 5.92 Å². The zero-order chi connectivity index (χ0) is 17.6. The number of anilines is 2. The first kappa shape index (κ1) is 17.5. The Balaban J connectivity index is 2.53. The van der Waals surface area contributed by atoms with Gasteiger partial charge in [0.05, 0.1) is 18.2 Å². The van der Waals surface area contributed by atoms with Gasteiger partial charge in [0.15, 0.2) is 5.67 Å². The summed E-state index contributed by atoms with van der Waals surface area (Å²) in [4.78, 5) is 10.9. The number of amides is 1. The largest absolute Gasteiger partial charge is 0.465 e. The number of carboxylic acid groups (broad SMARTS) is 1. The van der Waals surface area contributed by atoms with Crippen LogP contribution >= 0.6 is 12.2 Å². The number of carbonyl (C=O) groups is 1. The first-order chi connectivity index (χ1) is 10.5. The van der Waals surface area contributed by atoms with Gasteiger partial charge in [0.2, 0.25) is 0 Å². The van der Waals surface area contributed by atoms with Gasteiger partial charge >= 0.3 is 6.09 Å². The van der Waals surface area contributed by atoms with Crippen molar-refractivity contribution >= 4 is 34.7 Å². The van der Waals surface area contributed by atoms with Gasteiger partial charge in [-0.3, -0.25) is 5.32 Å². The molecule has 1 aromatic carbocycles. The molecule has 1 saturated heterocycles. The van der Waals surface area contributed by atoms with Crippen molar-refractivity contribution < 1.29 is 27.5 Å². The minimum absolute atomic E-state index is 0.0432. The number of nitrogens with one attached hydrogen (secondary N) is 1. The molecular weight excluding hydrogens is 336 g/mol. The van der Waals surface area contributed by atoms with Crippen molar-refractivity contribution in [2.45, 2.75) is 37.9 Å². The van der Waals surface area contributed by atoms with Gasteiger partial charge in [0, 0.05) is 5.69 Å². The Kier molecular flexibility index (Phi) is 4.27. The highest BCUT2D eigenvalue weighted by Gasteiger charge is 2.56. The van der Waals surface area contributed by atoms with Gasteiger partial charge in [0.1, 0.15) is 10.8 Å². The maximum Gasteiger partial charge on any atom is 0.409 e. The van der Waals surface area contributed by atoms with E-state index >= 15 is 0 Å². The highest BCUT2D eigenvalue weighted by atomic mass is 32.1. The van der Waals surface area contributed by atoms with Crippen LogP contribution in [-0.4, -0.2) is 33.8 Å². The Hall–Kier alpha value is -1.90. The SMILES string of the molecule is C[C@H]1N(c2cc(NC(=O)O)ccc2F)C(=S)[C@](C)(F)CC1(F)F. The molecule has 126 valence electrons. The van der Waals surface area contributed by atoms with E-state index < -0.39 is 46.6 Å². The topological polar surface area (TPSA) is 52.6 Å². The van der Waals surface area contributed by atoms with Crippen molar-refractivity contribution in [1.82, 2.24) is 0 Å². The Labute approximate surface area is 135 Å². The molecular formula is C14H14F4N2O2S. The summed E-state index contributed by atoms with van der Waals surface area (Å²) in [7, 11) is 0. The van der Waals surface area contributed by atoms with E-state index in [1.165, 1.54) is 0 Å². The third-order valence-electron chi connectivity index (χ3n) is 3.69. The lowest BCUT2D eigenvalue weighted by Crippen LogP contribution is -2.62. The molecule has 1 amide bonds. The maximum atomic E-state index is 14.4. The normalized spacial score (nSPS) is 27.0. The molecule has 0 aliphatic carbocycles. The lowest BCUT2D eigenvalue weighted by atomic mass is 9.88. The summed E-state index contributed by atoms with van der Waals surface area (Å²) in [5.74, 6) is -4.35. The maximum absolute atomic E-state index is 14.4. The number of halogens is 4. The van der Waals surface area contributed by atoms with Crippen LogP contribution in [0.25, 0.3) is 0 Å². The quantitative estimate of drug-likeness (QED) is 0.620. The van der Waals surface area contributed by atoms with Crippen LogP contribution in [0.5, 0.6) is 0 Å². The zero-order valence-electron chi connectivity index (χ0n) is 12.2. The molecule has 1 fully saturated rings. The third kappa shape index (κ3) is 3.24. The lowest BCUT2D eigenvalue weighted by Gasteiger charge is -2.46. The van der Waals surface area contributed by atoms with Gasteiger partial charge < -0.3 is 10.0 Å². The number of rotatable bonds is 2. The molecule has 9 heteroatoms. The van der Waals surface area contributed by atoms with Crippen LogP contribution in [0.15, 0.2) is 18.2 Å². The molecule has 0 bridgehead atoms. The molecule has 0 radical (unpaired) electrons. The summed E-state index contributed by atoms with van der Waals surface area (Å²) in [6.07, 6.45) is -2.50. The fraction of sp³-hybridized carbons (Fsp3) is 0.429. The smallest absolute Gasteiger partial charge is 0.409 e. The monoisotopic (exact) mass is 350 g/mol. The number of benzene rings is 1. The van der Waals surface area contributed by atoms with Crippen LogP contribution < -0.4 is 10.2 Å². The number of piperidine rings is 1. The second-order valence-electron chi connectivity index (χ2n) is 5.58. The van der Waals surface area contributed by atoms with E-state index in [-0.39, 0.29) is 5.69 Å². The number of alkyl halides is 3. The van der Waals surface area contributed by atoms with Gasteiger partial charge in [-0.2, -0.15) is 0 Å². The molecule has 2 atom stereocenters. The zero-order valence-corrected chi connectivity index (χ0v) is 13.1. The van der Waals surface area contributed by atoms with Crippen molar-refractivity contribution in [2.24, 2.45) is 0 Å². The average molecular weight is 350 g/mol. The van der Waals surface area contributed by atoms with Crippen LogP contribution in [0.4, 0.5) is 33.7 Å². The van der Waals surface area contributed by atoms with E-state index in [0.29, 0.717) is 4.90 Å². The highest BCUT2D eigenvalue weighted by molar-refractivity contribution is 7.80. The summed E-state index contributed by atoms with van der Waals surface area (Å²) in [5, 5.41) is 10.7. The van der Waals surface area contributed by atoms with Crippen molar-refractivity contribution in [3.05, 3.63) is 24.0 Å². The minimum atomic E-state index is -3.44. The Bertz CT molecular complexity index is 666. The number of thiocarbonyl (C=S) groups is 1. The second kappa shape index (κ2) is 5.63. The minimum Gasteiger partial charge on any atom is -0.465 e. The van der Waals surface area contributed by atoms with Crippen molar-refractivity contribution in [1.29, 1.82) is 0 Å². The molecule has 2 rings (SSSR count). The van der Waals surface area contributed by atoms with Crippen LogP contribution in [0.1, 0.15) is 20.3 Å². The summed E-state index contributed by atoms with van der Waals surface area (Å²) >= 11 is 4.93. The van der Waals surface area contributed by atoms with E-state index in [1.807, 2.05) is 5.32 Å². The van der Waals surface area contributed by atoms with Crippen molar-refractivity contribution in [3.63, 3.8) is 0 Å². The summed E-state index contributed by atoms with van der Waals surface area (Å²) in [5.41, 5.74) is -2.94. The highest BCUT2D eigenvalue weighted by Crippen LogP contribution is 2.44. The van der Waals surface area contributed by atoms with Gasteiger partial charge in [-0.05, 0) is 32.0 Å².